The van der Waals surface area contributed by atoms with Gasteiger partial charge >= 0.3 is 0 Å². The highest BCUT2D eigenvalue weighted by molar-refractivity contribution is 6.06. The van der Waals surface area contributed by atoms with Gasteiger partial charge in [0.15, 0.2) is 0 Å². The Morgan fingerprint density at radius 2 is 1.79 bits per heavy atom. The summed E-state index contributed by atoms with van der Waals surface area (Å²) in [5, 5.41) is 20.6. The molecule has 0 aliphatic carbocycles. The Bertz CT molecular complexity index is 1390. The average Bonchev–Trinajstić information content (AvgIpc) is 3.30. The van der Waals surface area contributed by atoms with Crippen molar-refractivity contribution in [2.75, 3.05) is 6.61 Å². The molecule has 5 aromatic rings. The van der Waals surface area contributed by atoms with Crippen LogP contribution in [0.4, 0.5) is 0 Å². The topological polar surface area (TPSA) is 73.1 Å². The monoisotopic (exact) mass is 438 g/mol. The van der Waals surface area contributed by atoms with Crippen molar-refractivity contribution in [2.24, 2.45) is 0 Å². The van der Waals surface area contributed by atoms with Gasteiger partial charge in [-0.15, -0.1) is 5.10 Å². The van der Waals surface area contributed by atoms with E-state index in [0.29, 0.717) is 26.2 Å². The fourth-order valence-electron chi connectivity index (χ4n) is 4.03. The number of pyridine rings is 1. The summed E-state index contributed by atoms with van der Waals surface area (Å²) in [6.45, 7) is 3.69. The molecule has 0 atom stereocenters. The normalized spacial score (nSPS) is 11.5. The molecule has 1 N–H and O–H groups in total. The minimum atomic E-state index is 0.138. The van der Waals surface area contributed by atoms with E-state index in [9.17, 15) is 0 Å². The Kier molecular flexibility index (Phi) is 6.11. The van der Waals surface area contributed by atoms with Crippen LogP contribution in [0.25, 0.3) is 32.9 Å². The number of aromatic nitrogens is 4. The van der Waals surface area contributed by atoms with E-state index in [4.69, 9.17) is 14.8 Å². The third-order valence-electron chi connectivity index (χ3n) is 5.78. The molecule has 0 saturated carbocycles. The lowest BCUT2D eigenvalue weighted by Gasteiger charge is -2.12. The van der Waals surface area contributed by atoms with E-state index in [1.807, 2.05) is 6.20 Å². The summed E-state index contributed by atoms with van der Waals surface area (Å²) in [5.74, 6) is 0. The van der Waals surface area contributed by atoms with Gasteiger partial charge in [0, 0.05) is 29.5 Å². The molecule has 0 unspecified atom stereocenters. The van der Waals surface area contributed by atoms with E-state index in [1.54, 1.807) is 4.68 Å². The smallest absolute Gasteiger partial charge is 0.108 e. The number of rotatable bonds is 8. The van der Waals surface area contributed by atoms with Crippen LogP contribution in [0, 0.1) is 6.92 Å². The van der Waals surface area contributed by atoms with E-state index in [0.717, 1.165) is 38.8 Å². The Morgan fingerprint density at radius 3 is 2.64 bits per heavy atom. The van der Waals surface area contributed by atoms with Crippen molar-refractivity contribution in [1.29, 1.82) is 0 Å². The fraction of sp³-hybridized carbons (Fsp3) is 0.222. The first-order valence-corrected chi connectivity index (χ1v) is 11.2. The molecule has 0 aliphatic heterocycles. The maximum absolute atomic E-state index is 8.98. The minimum absolute atomic E-state index is 0.138. The molecule has 0 saturated heterocycles. The van der Waals surface area contributed by atoms with Crippen LogP contribution < -0.4 is 0 Å². The minimum Gasteiger partial charge on any atom is -0.396 e. The zero-order valence-corrected chi connectivity index (χ0v) is 18.6. The lowest BCUT2D eigenvalue weighted by Crippen LogP contribution is -2.00. The summed E-state index contributed by atoms with van der Waals surface area (Å²) < 4.78 is 7.80. The van der Waals surface area contributed by atoms with Crippen molar-refractivity contribution >= 4 is 21.7 Å². The predicted molar refractivity (Wildman–Crippen MR) is 130 cm³/mol. The van der Waals surface area contributed by atoms with Crippen LogP contribution in [0.15, 0.2) is 72.9 Å². The molecule has 33 heavy (non-hydrogen) atoms. The number of aliphatic hydroxyl groups excluding tert-OH is 1. The number of nitrogens with zero attached hydrogens (tertiary/aromatic N) is 4. The van der Waals surface area contributed by atoms with Crippen LogP contribution in [-0.4, -0.2) is 31.7 Å². The summed E-state index contributed by atoms with van der Waals surface area (Å²) in [7, 11) is 0. The van der Waals surface area contributed by atoms with Gasteiger partial charge in [-0.1, -0.05) is 71.4 Å². The second-order valence-corrected chi connectivity index (χ2v) is 8.26. The lowest BCUT2D eigenvalue weighted by molar-refractivity contribution is 0.105. The van der Waals surface area contributed by atoms with Crippen molar-refractivity contribution in [3.63, 3.8) is 0 Å². The lowest BCUT2D eigenvalue weighted by atomic mass is 10.00. The highest BCUT2D eigenvalue weighted by atomic mass is 16.5. The highest BCUT2D eigenvalue weighted by Crippen LogP contribution is 2.30. The number of ether oxygens (including phenoxy) is 1. The Balaban J connectivity index is 1.48. The summed E-state index contributed by atoms with van der Waals surface area (Å²) >= 11 is 0. The molecule has 6 heteroatoms. The summed E-state index contributed by atoms with van der Waals surface area (Å²) in [5.41, 5.74) is 6.10. The first-order valence-electron chi connectivity index (χ1n) is 11.2. The maximum atomic E-state index is 8.98. The third-order valence-corrected chi connectivity index (χ3v) is 5.78. The van der Waals surface area contributed by atoms with Gasteiger partial charge in [-0.05, 0) is 30.4 Å². The van der Waals surface area contributed by atoms with Gasteiger partial charge in [-0.2, -0.15) is 0 Å². The molecule has 0 aliphatic rings. The van der Waals surface area contributed by atoms with E-state index in [-0.39, 0.29) is 6.61 Å². The largest absolute Gasteiger partial charge is 0.396 e. The zero-order valence-electron chi connectivity index (χ0n) is 18.6. The van der Waals surface area contributed by atoms with E-state index in [1.165, 1.54) is 10.9 Å². The molecule has 2 aromatic heterocycles. The number of hydrogen-bond acceptors (Lipinski definition) is 5. The second-order valence-electron chi connectivity index (χ2n) is 8.26. The number of hydrogen-bond donors (Lipinski definition) is 1. The van der Waals surface area contributed by atoms with Crippen LogP contribution in [0.1, 0.15) is 23.2 Å². The van der Waals surface area contributed by atoms with Crippen LogP contribution in [-0.2, 0) is 24.5 Å². The van der Waals surface area contributed by atoms with Crippen LogP contribution in [0.3, 0.4) is 0 Å². The molecule has 0 bridgehead atoms. The number of aliphatic hydroxyl groups is 1. The summed E-state index contributed by atoms with van der Waals surface area (Å²) in [4.78, 5) is 5.06. The Hall–Kier alpha value is -3.61. The molecule has 5 rings (SSSR count). The van der Waals surface area contributed by atoms with Gasteiger partial charge in [0.25, 0.3) is 0 Å². The summed E-state index contributed by atoms with van der Waals surface area (Å²) in [6.07, 6.45) is 2.52. The average molecular weight is 439 g/mol. The second kappa shape index (κ2) is 9.48. The Morgan fingerprint density at radius 1 is 0.939 bits per heavy atom. The van der Waals surface area contributed by atoms with Gasteiger partial charge in [0.05, 0.1) is 30.6 Å². The molecular weight excluding hydrogens is 412 g/mol. The Labute approximate surface area is 192 Å². The van der Waals surface area contributed by atoms with Crippen LogP contribution in [0.2, 0.25) is 0 Å². The number of aryl methyl sites for hydroxylation is 2. The van der Waals surface area contributed by atoms with E-state index >= 15 is 0 Å². The SMILES string of the molecule is Cc1ccc(-c2cc(COCc3cn(CCCO)nn3)c3ccc4ccccc4c3n2)cc1. The van der Waals surface area contributed by atoms with Crippen molar-refractivity contribution in [2.45, 2.75) is 33.1 Å². The quantitative estimate of drug-likeness (QED) is 0.343. The molecule has 0 fully saturated rings. The first-order chi connectivity index (χ1) is 16.2. The first kappa shape index (κ1) is 21.2. The van der Waals surface area contributed by atoms with E-state index < -0.39 is 0 Å². The van der Waals surface area contributed by atoms with Crippen molar-refractivity contribution in [3.8, 4) is 11.3 Å². The highest BCUT2D eigenvalue weighted by Gasteiger charge is 2.11. The predicted octanol–water partition coefficient (Wildman–Crippen LogP) is 5.05. The maximum Gasteiger partial charge on any atom is 0.108 e. The number of benzene rings is 3. The fourth-order valence-corrected chi connectivity index (χ4v) is 4.03. The molecular formula is C27H26N4O2. The van der Waals surface area contributed by atoms with Gasteiger partial charge in [-0.3, -0.25) is 4.68 Å². The van der Waals surface area contributed by atoms with Crippen LogP contribution in [0.5, 0.6) is 0 Å². The molecule has 2 heterocycles. The zero-order chi connectivity index (χ0) is 22.6. The molecule has 0 radical (unpaired) electrons. The van der Waals surface area contributed by atoms with Gasteiger partial charge in [0.2, 0.25) is 0 Å². The van der Waals surface area contributed by atoms with Gasteiger partial charge < -0.3 is 9.84 Å². The van der Waals surface area contributed by atoms with E-state index in [2.05, 4.69) is 84.0 Å². The molecule has 3 aromatic carbocycles. The molecule has 0 spiro atoms. The van der Waals surface area contributed by atoms with Crippen molar-refractivity contribution in [1.82, 2.24) is 20.0 Å². The van der Waals surface area contributed by atoms with Gasteiger partial charge in [0.1, 0.15) is 5.69 Å². The van der Waals surface area contributed by atoms with Gasteiger partial charge in [-0.25, -0.2) is 4.98 Å². The van der Waals surface area contributed by atoms with Crippen LogP contribution >= 0.6 is 0 Å². The standard InChI is InChI=1S/C27H26N4O2/c1-19-7-9-21(10-8-19)26-15-22(17-33-18-23-16-31(30-29-23)13-4-14-32)25-12-11-20-5-2-3-6-24(20)27(25)28-26/h2-3,5-12,15-16,32H,4,13-14,17-18H2,1H3. The third kappa shape index (κ3) is 4.62. The van der Waals surface area contributed by atoms with Crippen molar-refractivity contribution < 1.29 is 9.84 Å². The molecule has 6 nitrogen and oxygen atoms in total. The molecule has 0 amide bonds. The number of fused-ring (bicyclic) bond motifs is 3. The molecule has 166 valence electrons. The summed E-state index contributed by atoms with van der Waals surface area (Å²) in [6, 6.07) is 23.2. The van der Waals surface area contributed by atoms with Crippen molar-refractivity contribution in [3.05, 3.63) is 89.7 Å².